The summed E-state index contributed by atoms with van der Waals surface area (Å²) in [5.41, 5.74) is 7.01. The van der Waals surface area contributed by atoms with E-state index in [1.54, 1.807) is 0 Å². The molecule has 5 nitrogen and oxygen atoms in total. The highest BCUT2D eigenvalue weighted by Gasteiger charge is 2.11. The number of hydrogen-bond acceptors (Lipinski definition) is 5. The second-order valence-corrected chi connectivity index (χ2v) is 5.79. The van der Waals surface area contributed by atoms with E-state index in [-0.39, 0.29) is 0 Å². The zero-order valence-corrected chi connectivity index (χ0v) is 14.1. The van der Waals surface area contributed by atoms with Gasteiger partial charge in [0, 0.05) is 15.7 Å². The molecule has 0 bridgehead atoms. The first kappa shape index (κ1) is 15.7. The lowest BCUT2D eigenvalue weighted by molar-refractivity contribution is 0.903. The summed E-state index contributed by atoms with van der Waals surface area (Å²) in [6.07, 6.45) is 3.36. The average molecular weight is 350 g/mol. The van der Waals surface area contributed by atoms with E-state index in [4.69, 9.17) is 5.84 Å². The van der Waals surface area contributed by atoms with Crippen molar-refractivity contribution in [3.8, 4) is 0 Å². The molecular formula is C15H20BrN5. The zero-order chi connectivity index (χ0) is 15.4. The molecule has 2 aromatic rings. The Bertz CT molecular complexity index is 619. The molecule has 0 unspecified atom stereocenters. The Morgan fingerprint density at radius 3 is 2.33 bits per heavy atom. The maximum Gasteiger partial charge on any atom is 0.148 e. The number of nitrogens with zero attached hydrogens (tertiary/aromatic N) is 2. The second-order valence-electron chi connectivity index (χ2n) is 4.99. The SMILES string of the molecule is CCCc1c(NN)ncnc1Nc1cc(C)c(Br)c(C)c1. The molecule has 6 heteroatoms. The van der Waals surface area contributed by atoms with Crippen LogP contribution in [-0.4, -0.2) is 9.97 Å². The minimum atomic E-state index is 0.667. The average Bonchev–Trinajstić information content (AvgIpc) is 2.46. The molecule has 4 N–H and O–H groups in total. The number of anilines is 3. The largest absolute Gasteiger partial charge is 0.340 e. The summed E-state index contributed by atoms with van der Waals surface area (Å²) in [6, 6.07) is 4.18. The van der Waals surface area contributed by atoms with E-state index < -0.39 is 0 Å². The Morgan fingerprint density at radius 1 is 1.14 bits per heavy atom. The third-order valence-corrected chi connectivity index (χ3v) is 4.53. The Kier molecular flexibility index (Phi) is 5.14. The van der Waals surface area contributed by atoms with Gasteiger partial charge in [-0.2, -0.15) is 0 Å². The fourth-order valence-electron chi connectivity index (χ4n) is 2.29. The number of nitrogens with two attached hydrogens (primary N) is 1. The standard InChI is InChI=1S/C15H20BrN5/c1-4-5-12-14(18-8-19-15(12)21-17)20-11-6-9(2)13(16)10(3)7-11/h6-8H,4-5,17H2,1-3H3,(H2,18,19,20,21). The molecule has 1 heterocycles. The van der Waals surface area contributed by atoms with E-state index in [1.165, 1.54) is 17.5 Å². The molecule has 0 saturated heterocycles. The summed E-state index contributed by atoms with van der Waals surface area (Å²) < 4.78 is 1.13. The molecule has 0 atom stereocenters. The van der Waals surface area contributed by atoms with Gasteiger partial charge in [0.25, 0.3) is 0 Å². The normalized spacial score (nSPS) is 10.5. The van der Waals surface area contributed by atoms with Crippen LogP contribution >= 0.6 is 15.9 Å². The van der Waals surface area contributed by atoms with E-state index in [2.05, 4.69) is 69.5 Å². The molecule has 21 heavy (non-hydrogen) atoms. The first-order valence-electron chi connectivity index (χ1n) is 6.91. The summed E-state index contributed by atoms with van der Waals surface area (Å²) >= 11 is 3.58. The molecular weight excluding hydrogens is 330 g/mol. The van der Waals surface area contributed by atoms with E-state index >= 15 is 0 Å². The number of aromatic nitrogens is 2. The lowest BCUT2D eigenvalue weighted by Gasteiger charge is -2.15. The van der Waals surface area contributed by atoms with Crippen molar-refractivity contribution < 1.29 is 0 Å². The molecule has 0 aliphatic carbocycles. The molecule has 112 valence electrons. The van der Waals surface area contributed by atoms with E-state index in [0.29, 0.717) is 5.82 Å². The van der Waals surface area contributed by atoms with Crippen LogP contribution in [0.3, 0.4) is 0 Å². The Hall–Kier alpha value is -1.66. The van der Waals surface area contributed by atoms with Crippen LogP contribution in [0.25, 0.3) is 0 Å². The van der Waals surface area contributed by atoms with Gasteiger partial charge in [0.2, 0.25) is 0 Å². The summed E-state index contributed by atoms with van der Waals surface area (Å²) in [4.78, 5) is 8.53. The third kappa shape index (κ3) is 3.51. The van der Waals surface area contributed by atoms with Gasteiger partial charge >= 0.3 is 0 Å². The van der Waals surface area contributed by atoms with Gasteiger partial charge in [-0.15, -0.1) is 0 Å². The van der Waals surface area contributed by atoms with Crippen LogP contribution in [0.15, 0.2) is 22.9 Å². The number of hydrogen-bond donors (Lipinski definition) is 3. The van der Waals surface area contributed by atoms with Crippen molar-refractivity contribution >= 4 is 33.3 Å². The van der Waals surface area contributed by atoms with Crippen molar-refractivity contribution in [1.29, 1.82) is 0 Å². The van der Waals surface area contributed by atoms with E-state index in [0.717, 1.165) is 34.4 Å². The maximum absolute atomic E-state index is 5.54. The van der Waals surface area contributed by atoms with Gasteiger partial charge in [0.15, 0.2) is 0 Å². The number of benzene rings is 1. The highest BCUT2D eigenvalue weighted by atomic mass is 79.9. The van der Waals surface area contributed by atoms with Gasteiger partial charge < -0.3 is 10.7 Å². The minimum absolute atomic E-state index is 0.667. The van der Waals surface area contributed by atoms with Gasteiger partial charge in [-0.1, -0.05) is 29.3 Å². The summed E-state index contributed by atoms with van der Waals surface area (Å²) in [6.45, 7) is 6.26. The van der Waals surface area contributed by atoms with E-state index in [9.17, 15) is 0 Å². The van der Waals surface area contributed by atoms with Crippen LogP contribution in [0.4, 0.5) is 17.3 Å². The van der Waals surface area contributed by atoms with Crippen molar-refractivity contribution in [2.24, 2.45) is 5.84 Å². The quantitative estimate of drug-likeness (QED) is 0.564. The monoisotopic (exact) mass is 349 g/mol. The summed E-state index contributed by atoms with van der Waals surface area (Å²) in [7, 11) is 0. The van der Waals surface area contributed by atoms with Gasteiger partial charge in [-0.25, -0.2) is 15.8 Å². The van der Waals surface area contributed by atoms with Crippen LogP contribution in [0, 0.1) is 13.8 Å². The Morgan fingerprint density at radius 2 is 1.76 bits per heavy atom. The predicted molar refractivity (Wildman–Crippen MR) is 90.7 cm³/mol. The first-order valence-corrected chi connectivity index (χ1v) is 7.70. The van der Waals surface area contributed by atoms with Gasteiger partial charge in [-0.3, -0.25) is 0 Å². The highest BCUT2D eigenvalue weighted by molar-refractivity contribution is 9.10. The second kappa shape index (κ2) is 6.87. The number of nitrogens with one attached hydrogen (secondary N) is 2. The Labute approximate surface area is 133 Å². The third-order valence-electron chi connectivity index (χ3n) is 3.28. The number of halogens is 1. The number of nitrogen functional groups attached to an aromatic ring is 1. The lowest BCUT2D eigenvalue weighted by Crippen LogP contribution is -2.13. The molecule has 0 radical (unpaired) electrons. The molecule has 1 aromatic heterocycles. The van der Waals surface area contributed by atoms with Gasteiger partial charge in [-0.05, 0) is 43.5 Å². The van der Waals surface area contributed by atoms with Crippen molar-refractivity contribution in [2.75, 3.05) is 10.7 Å². The molecule has 0 spiro atoms. The van der Waals surface area contributed by atoms with Crippen LogP contribution in [-0.2, 0) is 6.42 Å². The molecule has 0 aliphatic rings. The van der Waals surface area contributed by atoms with Crippen molar-refractivity contribution in [1.82, 2.24) is 9.97 Å². The minimum Gasteiger partial charge on any atom is -0.340 e. The Balaban J connectivity index is 2.39. The lowest BCUT2D eigenvalue weighted by atomic mass is 10.1. The van der Waals surface area contributed by atoms with Crippen LogP contribution in [0.2, 0.25) is 0 Å². The van der Waals surface area contributed by atoms with Crippen molar-refractivity contribution in [3.05, 3.63) is 39.6 Å². The van der Waals surface area contributed by atoms with Crippen LogP contribution in [0.5, 0.6) is 0 Å². The fourth-order valence-corrected chi connectivity index (χ4v) is 2.51. The highest BCUT2D eigenvalue weighted by Crippen LogP contribution is 2.29. The predicted octanol–water partition coefficient (Wildman–Crippen LogP) is 3.84. The number of aryl methyl sites for hydroxylation is 2. The molecule has 0 amide bonds. The van der Waals surface area contributed by atoms with Crippen molar-refractivity contribution in [3.63, 3.8) is 0 Å². The van der Waals surface area contributed by atoms with Gasteiger partial charge in [0.1, 0.15) is 18.0 Å². The topological polar surface area (TPSA) is 75.9 Å². The van der Waals surface area contributed by atoms with E-state index in [1.807, 2.05) is 0 Å². The number of rotatable bonds is 5. The molecule has 0 saturated carbocycles. The van der Waals surface area contributed by atoms with Crippen molar-refractivity contribution in [2.45, 2.75) is 33.6 Å². The van der Waals surface area contributed by atoms with Gasteiger partial charge in [0.05, 0.1) is 0 Å². The number of hydrazine groups is 1. The zero-order valence-electron chi connectivity index (χ0n) is 12.5. The molecule has 2 rings (SSSR count). The molecule has 0 fully saturated rings. The maximum atomic E-state index is 5.54. The smallest absolute Gasteiger partial charge is 0.148 e. The van der Waals surface area contributed by atoms with Crippen LogP contribution < -0.4 is 16.6 Å². The van der Waals surface area contributed by atoms with Crippen LogP contribution in [0.1, 0.15) is 30.0 Å². The summed E-state index contributed by atoms with van der Waals surface area (Å²) in [5.74, 6) is 7.00. The molecule has 1 aromatic carbocycles. The first-order chi connectivity index (χ1) is 10.1. The fraction of sp³-hybridized carbons (Fsp3) is 0.333. The summed E-state index contributed by atoms with van der Waals surface area (Å²) in [5, 5.41) is 3.37. The molecule has 0 aliphatic heterocycles.